The summed E-state index contributed by atoms with van der Waals surface area (Å²) in [5.41, 5.74) is -0.221. The third kappa shape index (κ3) is 3.00. The van der Waals surface area contributed by atoms with Crippen LogP contribution in [-0.4, -0.2) is 20.6 Å². The Bertz CT molecular complexity index is 714. The summed E-state index contributed by atoms with van der Waals surface area (Å²) in [5.74, 6) is -0.503. The minimum Gasteiger partial charge on any atom is -0.506 e. The Labute approximate surface area is 115 Å². The highest BCUT2D eigenvalue weighted by atomic mass is 32.2. The van der Waals surface area contributed by atoms with Gasteiger partial charge in [0.1, 0.15) is 17.3 Å². The Balaban J connectivity index is 2.32. The molecule has 0 saturated heterocycles. The number of ether oxygens (including phenoxy) is 1. The first-order valence-electron chi connectivity index (χ1n) is 5.58. The van der Waals surface area contributed by atoms with Crippen LogP contribution in [0.4, 0.5) is 10.1 Å². The summed E-state index contributed by atoms with van der Waals surface area (Å²) in [6.07, 6.45) is 0. The fourth-order valence-electron chi connectivity index (χ4n) is 1.55. The summed E-state index contributed by atoms with van der Waals surface area (Å²) in [4.78, 5) is -0.0260. The summed E-state index contributed by atoms with van der Waals surface area (Å²) in [7, 11) is -2.44. The molecular weight excluding hydrogens is 285 g/mol. The van der Waals surface area contributed by atoms with E-state index >= 15 is 0 Å². The molecule has 0 spiro atoms. The van der Waals surface area contributed by atoms with Gasteiger partial charge in [-0.15, -0.1) is 0 Å². The average molecular weight is 297 g/mol. The molecule has 0 aliphatic rings. The van der Waals surface area contributed by atoms with Gasteiger partial charge in [0, 0.05) is 6.07 Å². The van der Waals surface area contributed by atoms with E-state index in [2.05, 4.69) is 4.72 Å². The van der Waals surface area contributed by atoms with Crippen LogP contribution in [0, 0.1) is 5.82 Å². The maximum atomic E-state index is 13.1. The summed E-state index contributed by atoms with van der Waals surface area (Å²) >= 11 is 0. The minimum absolute atomic E-state index is 0.0260. The molecule has 2 aromatic carbocycles. The first kappa shape index (κ1) is 14.1. The quantitative estimate of drug-likeness (QED) is 0.849. The summed E-state index contributed by atoms with van der Waals surface area (Å²) in [6, 6.07) is 8.66. The van der Waals surface area contributed by atoms with Crippen molar-refractivity contribution in [1.29, 1.82) is 0 Å². The van der Waals surface area contributed by atoms with Gasteiger partial charge in [-0.2, -0.15) is 0 Å². The van der Waals surface area contributed by atoms with Gasteiger partial charge in [0.05, 0.1) is 17.7 Å². The summed E-state index contributed by atoms with van der Waals surface area (Å²) < 4.78 is 44.3. The molecule has 0 fully saturated rings. The van der Waals surface area contributed by atoms with Crippen LogP contribution in [0.3, 0.4) is 0 Å². The Morgan fingerprint density at radius 2 is 1.80 bits per heavy atom. The van der Waals surface area contributed by atoms with Crippen LogP contribution in [0.5, 0.6) is 11.5 Å². The lowest BCUT2D eigenvalue weighted by Gasteiger charge is -2.10. The number of hydrogen-bond acceptors (Lipinski definition) is 4. The van der Waals surface area contributed by atoms with Crippen LogP contribution >= 0.6 is 0 Å². The fraction of sp³-hybridized carbons (Fsp3) is 0.0769. The van der Waals surface area contributed by atoms with Crippen molar-refractivity contribution in [2.75, 3.05) is 11.8 Å². The highest BCUT2D eigenvalue weighted by Gasteiger charge is 2.16. The van der Waals surface area contributed by atoms with Crippen molar-refractivity contribution in [2.24, 2.45) is 0 Å². The zero-order valence-electron chi connectivity index (χ0n) is 10.5. The van der Waals surface area contributed by atoms with Crippen LogP contribution in [-0.2, 0) is 10.0 Å². The first-order valence-corrected chi connectivity index (χ1v) is 7.06. The number of phenolic OH excluding ortho intramolecular Hbond substituents is 1. The predicted octanol–water partition coefficient (Wildman–Crippen LogP) is 2.34. The smallest absolute Gasteiger partial charge is 0.262 e. The topological polar surface area (TPSA) is 75.6 Å². The van der Waals surface area contributed by atoms with Crippen molar-refractivity contribution < 1.29 is 22.7 Å². The van der Waals surface area contributed by atoms with Crippen molar-refractivity contribution in [3.05, 3.63) is 48.3 Å². The normalized spacial score (nSPS) is 11.1. The van der Waals surface area contributed by atoms with Gasteiger partial charge in [-0.1, -0.05) is 0 Å². The third-order valence-corrected chi connectivity index (χ3v) is 3.95. The molecule has 2 aromatic rings. The molecule has 0 bridgehead atoms. The van der Waals surface area contributed by atoms with Crippen LogP contribution in [0.15, 0.2) is 47.4 Å². The molecule has 2 N–H and O–H groups in total. The van der Waals surface area contributed by atoms with E-state index in [1.807, 2.05) is 0 Å². The lowest BCUT2D eigenvalue weighted by Crippen LogP contribution is -2.13. The zero-order valence-corrected chi connectivity index (χ0v) is 11.3. The second-order valence-corrected chi connectivity index (χ2v) is 5.62. The second-order valence-electron chi connectivity index (χ2n) is 3.94. The summed E-state index contributed by atoms with van der Waals surface area (Å²) in [6.45, 7) is 0. The molecule has 7 heteroatoms. The lowest BCUT2D eigenvalue weighted by atomic mass is 10.3. The lowest BCUT2D eigenvalue weighted by molar-refractivity contribution is 0.414. The number of hydrogen-bond donors (Lipinski definition) is 2. The van der Waals surface area contributed by atoms with Gasteiger partial charge in [0.2, 0.25) is 0 Å². The SMILES string of the molecule is COc1ccc(S(=O)(=O)Nc2cc(F)ccc2O)cc1. The average Bonchev–Trinajstić information content (AvgIpc) is 2.43. The van der Waals surface area contributed by atoms with Crippen LogP contribution in [0.25, 0.3) is 0 Å². The van der Waals surface area contributed by atoms with Crippen molar-refractivity contribution in [3.8, 4) is 11.5 Å². The highest BCUT2D eigenvalue weighted by molar-refractivity contribution is 7.92. The molecule has 0 saturated carbocycles. The standard InChI is InChI=1S/C13H12FNO4S/c1-19-10-3-5-11(6-4-10)20(17,18)15-12-8-9(14)2-7-13(12)16/h2-8,15-16H,1H3. The number of methoxy groups -OCH3 is 1. The molecular formula is C13H12FNO4S. The van der Waals surface area contributed by atoms with E-state index in [4.69, 9.17) is 4.74 Å². The van der Waals surface area contributed by atoms with Crippen LogP contribution in [0.1, 0.15) is 0 Å². The van der Waals surface area contributed by atoms with E-state index in [9.17, 15) is 17.9 Å². The van der Waals surface area contributed by atoms with Crippen molar-refractivity contribution >= 4 is 15.7 Å². The maximum absolute atomic E-state index is 13.1. The largest absolute Gasteiger partial charge is 0.506 e. The fourth-order valence-corrected chi connectivity index (χ4v) is 2.61. The number of benzene rings is 2. The molecule has 106 valence electrons. The maximum Gasteiger partial charge on any atom is 0.262 e. The minimum atomic E-state index is -3.91. The van der Waals surface area contributed by atoms with Gasteiger partial charge < -0.3 is 9.84 Å². The molecule has 0 aliphatic carbocycles. The van der Waals surface area contributed by atoms with Gasteiger partial charge in [-0.05, 0) is 36.4 Å². The number of nitrogens with one attached hydrogen (secondary N) is 1. The summed E-state index contributed by atoms with van der Waals surface area (Å²) in [5, 5.41) is 9.51. The van der Waals surface area contributed by atoms with Crippen molar-refractivity contribution in [2.45, 2.75) is 4.90 Å². The van der Waals surface area contributed by atoms with E-state index < -0.39 is 15.8 Å². The Kier molecular flexibility index (Phi) is 3.80. The molecule has 0 aliphatic heterocycles. The molecule has 0 amide bonds. The van der Waals surface area contributed by atoms with E-state index in [1.165, 1.54) is 31.4 Å². The molecule has 0 radical (unpaired) electrons. The van der Waals surface area contributed by atoms with E-state index in [-0.39, 0.29) is 16.3 Å². The number of rotatable bonds is 4. The molecule has 0 heterocycles. The van der Waals surface area contributed by atoms with Crippen LogP contribution < -0.4 is 9.46 Å². The zero-order chi connectivity index (χ0) is 14.8. The Morgan fingerprint density at radius 3 is 2.40 bits per heavy atom. The number of sulfonamides is 1. The van der Waals surface area contributed by atoms with E-state index in [1.54, 1.807) is 0 Å². The second kappa shape index (κ2) is 5.38. The Morgan fingerprint density at radius 1 is 1.15 bits per heavy atom. The molecule has 0 aromatic heterocycles. The third-order valence-electron chi connectivity index (χ3n) is 2.57. The molecule has 0 unspecified atom stereocenters. The van der Waals surface area contributed by atoms with Crippen LogP contribution in [0.2, 0.25) is 0 Å². The van der Waals surface area contributed by atoms with Gasteiger partial charge in [0.25, 0.3) is 10.0 Å². The number of aromatic hydroxyl groups is 1. The van der Waals surface area contributed by atoms with Crippen molar-refractivity contribution in [3.63, 3.8) is 0 Å². The van der Waals surface area contributed by atoms with Gasteiger partial charge in [0.15, 0.2) is 0 Å². The molecule has 5 nitrogen and oxygen atoms in total. The Hall–Kier alpha value is -2.28. The van der Waals surface area contributed by atoms with Gasteiger partial charge >= 0.3 is 0 Å². The number of anilines is 1. The molecule has 2 rings (SSSR count). The first-order chi connectivity index (χ1) is 9.42. The number of halogens is 1. The molecule has 0 atom stereocenters. The van der Waals surface area contributed by atoms with E-state index in [0.717, 1.165) is 18.2 Å². The predicted molar refractivity (Wildman–Crippen MR) is 71.9 cm³/mol. The van der Waals surface area contributed by atoms with Crippen molar-refractivity contribution in [1.82, 2.24) is 0 Å². The van der Waals surface area contributed by atoms with Gasteiger partial charge in [-0.25, -0.2) is 12.8 Å². The number of phenols is 1. The highest BCUT2D eigenvalue weighted by Crippen LogP contribution is 2.26. The van der Waals surface area contributed by atoms with E-state index in [0.29, 0.717) is 5.75 Å². The van der Waals surface area contributed by atoms with Gasteiger partial charge in [-0.3, -0.25) is 4.72 Å². The molecule has 20 heavy (non-hydrogen) atoms. The monoisotopic (exact) mass is 297 g/mol.